The molecule has 0 bridgehead atoms. The van der Waals surface area contributed by atoms with Crippen LogP contribution in [0, 0.1) is 0 Å². The molecule has 1 atom stereocenters. The molecule has 0 aliphatic rings. The van der Waals surface area contributed by atoms with Crippen LogP contribution in [0.1, 0.15) is 28.9 Å². The number of benzene rings is 1. The van der Waals surface area contributed by atoms with Crippen LogP contribution in [0.4, 0.5) is 10.5 Å². The highest BCUT2D eigenvalue weighted by Gasteiger charge is 2.15. The number of carbonyl (C=O) groups excluding carboxylic acids is 1. The minimum absolute atomic E-state index is 0.0548. The van der Waals surface area contributed by atoms with Crippen LogP contribution < -0.4 is 10.6 Å². The Morgan fingerprint density at radius 2 is 2.10 bits per heavy atom. The highest BCUT2D eigenvalue weighted by molar-refractivity contribution is 7.07. The standard InChI is InChI=1S/C14H13ClN2O3S/c1-8(9-4-5-21-7-9)16-14(20)17-12-3-2-10(15)6-11(12)13(18)19/h2-8H,1H3,(H,18,19)(H2,16,17,20). The minimum Gasteiger partial charge on any atom is -0.478 e. The van der Waals surface area contributed by atoms with E-state index in [9.17, 15) is 9.59 Å². The van der Waals surface area contributed by atoms with Gasteiger partial charge < -0.3 is 15.7 Å². The van der Waals surface area contributed by atoms with Crippen LogP contribution in [0.25, 0.3) is 0 Å². The van der Waals surface area contributed by atoms with Crippen molar-refractivity contribution >= 4 is 40.6 Å². The molecular weight excluding hydrogens is 312 g/mol. The van der Waals surface area contributed by atoms with E-state index in [1.807, 2.05) is 23.8 Å². The van der Waals surface area contributed by atoms with Gasteiger partial charge in [0.1, 0.15) is 0 Å². The molecule has 0 aliphatic carbocycles. The van der Waals surface area contributed by atoms with E-state index in [4.69, 9.17) is 16.7 Å². The third-order valence-corrected chi connectivity index (χ3v) is 3.79. The topological polar surface area (TPSA) is 78.4 Å². The Hall–Kier alpha value is -2.05. The first-order valence-corrected chi connectivity index (χ1v) is 7.42. The number of anilines is 1. The van der Waals surface area contributed by atoms with Crippen LogP contribution in [0.5, 0.6) is 0 Å². The largest absolute Gasteiger partial charge is 0.478 e. The maximum Gasteiger partial charge on any atom is 0.337 e. The molecule has 0 saturated carbocycles. The fourth-order valence-electron chi connectivity index (χ4n) is 1.76. The van der Waals surface area contributed by atoms with E-state index >= 15 is 0 Å². The SMILES string of the molecule is CC(NC(=O)Nc1ccc(Cl)cc1C(=O)O)c1ccsc1. The Morgan fingerprint density at radius 3 is 2.71 bits per heavy atom. The van der Waals surface area contributed by atoms with Crippen molar-refractivity contribution in [3.63, 3.8) is 0 Å². The lowest BCUT2D eigenvalue weighted by atomic mass is 10.1. The second kappa shape index (κ2) is 6.60. The Bertz CT molecular complexity index is 658. The van der Waals surface area contributed by atoms with E-state index in [0.717, 1.165) is 5.56 Å². The predicted molar refractivity (Wildman–Crippen MR) is 83.3 cm³/mol. The molecule has 1 aromatic carbocycles. The molecule has 7 heteroatoms. The summed E-state index contributed by atoms with van der Waals surface area (Å²) < 4.78 is 0. The second-order valence-electron chi connectivity index (χ2n) is 4.37. The van der Waals surface area contributed by atoms with Gasteiger partial charge in [0.15, 0.2) is 0 Å². The summed E-state index contributed by atoms with van der Waals surface area (Å²) in [5, 5.41) is 18.5. The van der Waals surface area contributed by atoms with Gasteiger partial charge in [-0.15, -0.1) is 0 Å². The summed E-state index contributed by atoms with van der Waals surface area (Å²) in [4.78, 5) is 23.1. The predicted octanol–water partition coefficient (Wildman–Crippen LogP) is 3.98. The quantitative estimate of drug-likeness (QED) is 0.796. The average Bonchev–Trinajstić information content (AvgIpc) is 2.94. The summed E-state index contributed by atoms with van der Waals surface area (Å²) in [7, 11) is 0. The monoisotopic (exact) mass is 324 g/mol. The fourth-order valence-corrected chi connectivity index (χ4v) is 2.69. The minimum atomic E-state index is -1.15. The van der Waals surface area contributed by atoms with E-state index in [-0.39, 0.29) is 17.3 Å². The van der Waals surface area contributed by atoms with Crippen molar-refractivity contribution < 1.29 is 14.7 Å². The number of urea groups is 1. The number of carboxylic acids is 1. The summed E-state index contributed by atoms with van der Waals surface area (Å²) in [5.74, 6) is -1.15. The molecule has 5 nitrogen and oxygen atoms in total. The summed E-state index contributed by atoms with van der Waals surface area (Å²) in [5.41, 5.74) is 1.13. The first-order chi connectivity index (χ1) is 9.97. The summed E-state index contributed by atoms with van der Waals surface area (Å²) in [6.07, 6.45) is 0. The van der Waals surface area contributed by atoms with Crippen molar-refractivity contribution in [3.8, 4) is 0 Å². The van der Waals surface area contributed by atoms with Crippen LogP contribution in [0.15, 0.2) is 35.0 Å². The lowest BCUT2D eigenvalue weighted by molar-refractivity contribution is 0.0698. The molecule has 110 valence electrons. The van der Waals surface area contributed by atoms with Crippen LogP contribution >= 0.6 is 22.9 Å². The zero-order valence-electron chi connectivity index (χ0n) is 11.1. The van der Waals surface area contributed by atoms with Gasteiger partial charge in [0.25, 0.3) is 0 Å². The Balaban J connectivity index is 2.08. The zero-order valence-corrected chi connectivity index (χ0v) is 12.7. The zero-order chi connectivity index (χ0) is 15.4. The highest BCUT2D eigenvalue weighted by Crippen LogP contribution is 2.21. The van der Waals surface area contributed by atoms with Crippen LogP contribution in [0.3, 0.4) is 0 Å². The third-order valence-electron chi connectivity index (χ3n) is 2.85. The van der Waals surface area contributed by atoms with Gasteiger partial charge in [-0.05, 0) is 47.5 Å². The number of thiophene rings is 1. The van der Waals surface area contributed by atoms with Crippen molar-refractivity contribution in [2.45, 2.75) is 13.0 Å². The molecule has 1 aromatic heterocycles. The normalized spacial score (nSPS) is 11.7. The lowest BCUT2D eigenvalue weighted by Crippen LogP contribution is -2.31. The number of aromatic carboxylic acids is 1. The van der Waals surface area contributed by atoms with Crippen molar-refractivity contribution in [3.05, 3.63) is 51.2 Å². The number of amides is 2. The maximum atomic E-state index is 11.9. The molecule has 2 amide bonds. The molecule has 0 radical (unpaired) electrons. The van der Waals surface area contributed by atoms with Gasteiger partial charge in [-0.3, -0.25) is 0 Å². The molecule has 21 heavy (non-hydrogen) atoms. The van der Waals surface area contributed by atoms with Gasteiger partial charge in [-0.1, -0.05) is 11.6 Å². The molecule has 0 aliphatic heterocycles. The summed E-state index contributed by atoms with van der Waals surface area (Å²) >= 11 is 7.30. The van der Waals surface area contributed by atoms with Crippen molar-refractivity contribution in [2.24, 2.45) is 0 Å². The Morgan fingerprint density at radius 1 is 1.33 bits per heavy atom. The van der Waals surface area contributed by atoms with Crippen LogP contribution in [-0.4, -0.2) is 17.1 Å². The fraction of sp³-hybridized carbons (Fsp3) is 0.143. The molecule has 0 spiro atoms. The van der Waals surface area contributed by atoms with E-state index in [1.54, 1.807) is 11.3 Å². The van der Waals surface area contributed by atoms with E-state index in [2.05, 4.69) is 10.6 Å². The Kier molecular flexibility index (Phi) is 4.82. The van der Waals surface area contributed by atoms with Gasteiger partial charge in [-0.25, -0.2) is 9.59 Å². The highest BCUT2D eigenvalue weighted by atomic mass is 35.5. The summed E-state index contributed by atoms with van der Waals surface area (Å²) in [6, 6.07) is 5.55. The molecule has 3 N–H and O–H groups in total. The van der Waals surface area contributed by atoms with Crippen molar-refractivity contribution in [2.75, 3.05) is 5.32 Å². The molecular formula is C14H13ClN2O3S. The Labute approximate surface area is 130 Å². The van der Waals surface area contributed by atoms with Gasteiger partial charge in [0.05, 0.1) is 17.3 Å². The average molecular weight is 325 g/mol. The first-order valence-electron chi connectivity index (χ1n) is 6.10. The van der Waals surface area contributed by atoms with Gasteiger partial charge in [0.2, 0.25) is 0 Å². The van der Waals surface area contributed by atoms with E-state index in [0.29, 0.717) is 5.02 Å². The van der Waals surface area contributed by atoms with Crippen LogP contribution in [0.2, 0.25) is 5.02 Å². The first kappa shape index (κ1) is 15.3. The molecule has 0 saturated heterocycles. The van der Waals surface area contributed by atoms with Gasteiger partial charge in [-0.2, -0.15) is 11.3 Å². The van der Waals surface area contributed by atoms with E-state index < -0.39 is 12.0 Å². The molecule has 1 unspecified atom stereocenters. The molecule has 2 aromatic rings. The maximum absolute atomic E-state index is 11.9. The number of nitrogens with one attached hydrogen (secondary N) is 2. The number of carbonyl (C=O) groups is 2. The van der Waals surface area contributed by atoms with Crippen molar-refractivity contribution in [1.29, 1.82) is 0 Å². The number of carboxylic acid groups (broad SMARTS) is 1. The molecule has 1 heterocycles. The van der Waals surface area contributed by atoms with Gasteiger partial charge >= 0.3 is 12.0 Å². The smallest absolute Gasteiger partial charge is 0.337 e. The number of rotatable bonds is 4. The summed E-state index contributed by atoms with van der Waals surface area (Å²) in [6.45, 7) is 1.85. The number of hydrogen-bond acceptors (Lipinski definition) is 3. The second-order valence-corrected chi connectivity index (χ2v) is 5.59. The molecule has 0 fully saturated rings. The number of hydrogen-bond donors (Lipinski definition) is 3. The van der Waals surface area contributed by atoms with E-state index in [1.165, 1.54) is 18.2 Å². The van der Waals surface area contributed by atoms with Gasteiger partial charge in [0, 0.05) is 5.02 Å². The third kappa shape index (κ3) is 3.96. The van der Waals surface area contributed by atoms with Crippen molar-refractivity contribution in [1.82, 2.24) is 5.32 Å². The molecule has 2 rings (SSSR count). The number of halogens is 1. The van der Waals surface area contributed by atoms with Crippen LogP contribution in [-0.2, 0) is 0 Å². The lowest BCUT2D eigenvalue weighted by Gasteiger charge is -2.14.